The van der Waals surface area contributed by atoms with Gasteiger partial charge in [0.15, 0.2) is 0 Å². The maximum atomic E-state index is 5.56. The number of benzene rings is 1. The minimum atomic E-state index is 0.688. The topological polar surface area (TPSA) is 35.2 Å². The van der Waals surface area contributed by atoms with Crippen LogP contribution in [0.25, 0.3) is 6.08 Å². The third kappa shape index (κ3) is 4.33. The quantitative estimate of drug-likeness (QED) is 0.819. The Bertz CT molecular complexity index is 362. The molecule has 1 aromatic rings. The van der Waals surface area contributed by atoms with E-state index >= 15 is 0 Å². The van der Waals surface area contributed by atoms with E-state index in [-0.39, 0.29) is 0 Å². The molecule has 0 bridgehead atoms. The molecule has 0 amide bonds. The standard InChI is InChI=1S/C15H23NO/c1-12-6-4-7-13(2)15(12)10-14(11-17-3)8-5-9-16/h4,6-7,10H,5,8-9,11,16H2,1-3H3/b14-10+. The van der Waals surface area contributed by atoms with Crippen molar-refractivity contribution < 1.29 is 4.74 Å². The largest absolute Gasteiger partial charge is 0.380 e. The molecule has 2 nitrogen and oxygen atoms in total. The number of nitrogens with two attached hydrogens (primary N) is 1. The van der Waals surface area contributed by atoms with Crippen molar-refractivity contribution in [3.63, 3.8) is 0 Å². The van der Waals surface area contributed by atoms with E-state index in [0.717, 1.165) is 19.4 Å². The van der Waals surface area contributed by atoms with Crippen LogP contribution in [0.15, 0.2) is 23.8 Å². The molecule has 0 aliphatic heterocycles. The summed E-state index contributed by atoms with van der Waals surface area (Å²) in [5, 5.41) is 0. The summed E-state index contributed by atoms with van der Waals surface area (Å²) >= 11 is 0. The van der Waals surface area contributed by atoms with E-state index in [2.05, 4.69) is 38.1 Å². The smallest absolute Gasteiger partial charge is 0.0676 e. The Balaban J connectivity index is 2.94. The number of hydrogen-bond acceptors (Lipinski definition) is 2. The Hall–Kier alpha value is -1.12. The van der Waals surface area contributed by atoms with Crippen molar-refractivity contribution in [1.29, 1.82) is 0 Å². The number of methoxy groups -OCH3 is 1. The highest BCUT2D eigenvalue weighted by Gasteiger charge is 2.02. The molecule has 0 atom stereocenters. The summed E-state index contributed by atoms with van der Waals surface area (Å²) in [6.07, 6.45) is 4.28. The van der Waals surface area contributed by atoms with E-state index in [1.807, 2.05) is 0 Å². The lowest BCUT2D eigenvalue weighted by atomic mass is 9.99. The SMILES string of the molecule is COC/C(=C/c1c(C)cccc1C)CCCN. The lowest BCUT2D eigenvalue weighted by Gasteiger charge is -2.09. The second-order valence-electron chi connectivity index (χ2n) is 4.43. The van der Waals surface area contributed by atoms with Crippen molar-refractivity contribution in [2.45, 2.75) is 26.7 Å². The van der Waals surface area contributed by atoms with Gasteiger partial charge >= 0.3 is 0 Å². The Labute approximate surface area is 104 Å². The van der Waals surface area contributed by atoms with Crippen LogP contribution < -0.4 is 5.73 Å². The molecule has 1 aromatic carbocycles. The fraction of sp³-hybridized carbons (Fsp3) is 0.467. The zero-order valence-electron chi connectivity index (χ0n) is 11.1. The summed E-state index contributed by atoms with van der Waals surface area (Å²) in [6.45, 7) is 5.71. The molecule has 0 fully saturated rings. The highest BCUT2D eigenvalue weighted by molar-refractivity contribution is 5.60. The maximum Gasteiger partial charge on any atom is 0.0676 e. The van der Waals surface area contributed by atoms with E-state index in [0.29, 0.717) is 6.61 Å². The van der Waals surface area contributed by atoms with Crippen LogP contribution in [0.3, 0.4) is 0 Å². The molecule has 0 spiro atoms. The second-order valence-corrected chi connectivity index (χ2v) is 4.43. The molecule has 17 heavy (non-hydrogen) atoms. The van der Waals surface area contributed by atoms with Crippen LogP contribution >= 0.6 is 0 Å². The van der Waals surface area contributed by atoms with Crippen LogP contribution in [0.5, 0.6) is 0 Å². The second kappa shape index (κ2) is 7.25. The fourth-order valence-electron chi connectivity index (χ4n) is 1.96. The first-order valence-corrected chi connectivity index (χ1v) is 6.13. The van der Waals surface area contributed by atoms with Gasteiger partial charge < -0.3 is 10.5 Å². The van der Waals surface area contributed by atoms with Crippen molar-refractivity contribution in [3.8, 4) is 0 Å². The van der Waals surface area contributed by atoms with Gasteiger partial charge in [-0.1, -0.05) is 24.3 Å². The number of rotatable bonds is 6. The molecule has 0 aliphatic carbocycles. The molecule has 0 unspecified atom stereocenters. The van der Waals surface area contributed by atoms with Gasteiger partial charge in [0.2, 0.25) is 0 Å². The number of aryl methyl sites for hydroxylation is 2. The highest BCUT2D eigenvalue weighted by atomic mass is 16.5. The first-order valence-electron chi connectivity index (χ1n) is 6.13. The van der Waals surface area contributed by atoms with Crippen LogP contribution in [-0.2, 0) is 4.74 Å². The third-order valence-electron chi connectivity index (χ3n) is 2.92. The molecule has 94 valence electrons. The van der Waals surface area contributed by atoms with E-state index in [1.165, 1.54) is 22.3 Å². The van der Waals surface area contributed by atoms with Crippen LogP contribution in [0, 0.1) is 13.8 Å². The van der Waals surface area contributed by atoms with Crippen molar-refractivity contribution in [3.05, 3.63) is 40.5 Å². The molecule has 0 radical (unpaired) electrons. The number of ether oxygens (including phenoxy) is 1. The molecule has 2 heteroatoms. The van der Waals surface area contributed by atoms with Crippen LogP contribution in [-0.4, -0.2) is 20.3 Å². The van der Waals surface area contributed by atoms with E-state index in [1.54, 1.807) is 7.11 Å². The Morgan fingerprint density at radius 1 is 1.29 bits per heavy atom. The lowest BCUT2D eigenvalue weighted by Crippen LogP contribution is -2.02. The van der Waals surface area contributed by atoms with Gasteiger partial charge in [-0.25, -0.2) is 0 Å². The molecule has 1 rings (SSSR count). The van der Waals surface area contributed by atoms with Gasteiger partial charge in [0.05, 0.1) is 6.61 Å². The highest BCUT2D eigenvalue weighted by Crippen LogP contribution is 2.19. The Kier molecular flexibility index (Phi) is 5.95. The lowest BCUT2D eigenvalue weighted by molar-refractivity contribution is 0.223. The average molecular weight is 233 g/mol. The third-order valence-corrected chi connectivity index (χ3v) is 2.92. The molecular formula is C15H23NO. The van der Waals surface area contributed by atoms with Gasteiger partial charge in [-0.05, 0) is 55.5 Å². The van der Waals surface area contributed by atoms with Crippen molar-refractivity contribution in [1.82, 2.24) is 0 Å². The summed E-state index contributed by atoms with van der Waals surface area (Å²) in [5.74, 6) is 0. The molecule has 0 saturated carbocycles. The zero-order valence-corrected chi connectivity index (χ0v) is 11.1. The first-order chi connectivity index (χ1) is 8.19. The van der Waals surface area contributed by atoms with E-state index < -0.39 is 0 Å². The minimum Gasteiger partial charge on any atom is -0.380 e. The van der Waals surface area contributed by atoms with Gasteiger partial charge in [0, 0.05) is 7.11 Å². The van der Waals surface area contributed by atoms with E-state index in [4.69, 9.17) is 10.5 Å². The molecule has 0 aromatic heterocycles. The molecule has 0 saturated heterocycles. The van der Waals surface area contributed by atoms with Crippen LogP contribution in [0.1, 0.15) is 29.5 Å². The summed E-state index contributed by atoms with van der Waals surface area (Å²) in [6, 6.07) is 6.39. The van der Waals surface area contributed by atoms with Crippen molar-refractivity contribution in [2.75, 3.05) is 20.3 Å². The van der Waals surface area contributed by atoms with Gasteiger partial charge in [-0.3, -0.25) is 0 Å². The van der Waals surface area contributed by atoms with E-state index in [9.17, 15) is 0 Å². The number of hydrogen-bond donors (Lipinski definition) is 1. The van der Waals surface area contributed by atoms with Gasteiger partial charge in [0.25, 0.3) is 0 Å². The molecule has 0 heterocycles. The zero-order chi connectivity index (χ0) is 12.7. The Morgan fingerprint density at radius 3 is 2.47 bits per heavy atom. The van der Waals surface area contributed by atoms with Gasteiger partial charge in [-0.15, -0.1) is 0 Å². The van der Waals surface area contributed by atoms with Gasteiger partial charge in [-0.2, -0.15) is 0 Å². The normalized spacial score (nSPS) is 11.9. The van der Waals surface area contributed by atoms with Crippen LogP contribution in [0.4, 0.5) is 0 Å². The minimum absolute atomic E-state index is 0.688. The molecular weight excluding hydrogens is 210 g/mol. The summed E-state index contributed by atoms with van der Waals surface area (Å²) in [5.41, 5.74) is 10.8. The fourth-order valence-corrected chi connectivity index (χ4v) is 1.96. The van der Waals surface area contributed by atoms with Crippen molar-refractivity contribution >= 4 is 6.08 Å². The Morgan fingerprint density at radius 2 is 1.94 bits per heavy atom. The summed E-state index contributed by atoms with van der Waals surface area (Å²) in [7, 11) is 1.74. The first kappa shape index (κ1) is 13.9. The molecule has 2 N–H and O–H groups in total. The van der Waals surface area contributed by atoms with Crippen molar-refractivity contribution in [2.24, 2.45) is 5.73 Å². The predicted octanol–water partition coefficient (Wildman–Crippen LogP) is 3.07. The van der Waals surface area contributed by atoms with Crippen LogP contribution in [0.2, 0.25) is 0 Å². The monoisotopic (exact) mass is 233 g/mol. The predicted molar refractivity (Wildman–Crippen MR) is 74.1 cm³/mol. The summed E-state index contributed by atoms with van der Waals surface area (Å²) in [4.78, 5) is 0. The average Bonchev–Trinajstić information content (AvgIpc) is 2.31. The van der Waals surface area contributed by atoms with Gasteiger partial charge in [0.1, 0.15) is 0 Å². The molecule has 0 aliphatic rings. The summed E-state index contributed by atoms with van der Waals surface area (Å²) < 4.78 is 5.24. The maximum absolute atomic E-state index is 5.56.